The number of morpholine rings is 1. The lowest BCUT2D eigenvalue weighted by Crippen LogP contribution is -2.36. The van der Waals surface area contributed by atoms with Gasteiger partial charge in [0, 0.05) is 49.1 Å². The molecule has 7 heteroatoms. The van der Waals surface area contributed by atoms with Crippen molar-refractivity contribution in [2.45, 2.75) is 13.5 Å². The average molecular weight is 469 g/mol. The Morgan fingerprint density at radius 1 is 0.914 bits per heavy atom. The van der Waals surface area contributed by atoms with Crippen LogP contribution >= 0.6 is 0 Å². The molecule has 1 aliphatic heterocycles. The molecule has 1 aromatic heterocycles. The minimum absolute atomic E-state index is 0.0419. The third kappa shape index (κ3) is 5.25. The van der Waals surface area contributed by atoms with E-state index >= 15 is 0 Å². The van der Waals surface area contributed by atoms with Gasteiger partial charge in [-0.15, -0.1) is 10.2 Å². The number of anilines is 1. The van der Waals surface area contributed by atoms with Crippen molar-refractivity contribution in [1.82, 2.24) is 15.1 Å². The summed E-state index contributed by atoms with van der Waals surface area (Å²) in [6.45, 7) is 5.90. The van der Waals surface area contributed by atoms with E-state index in [9.17, 15) is 4.79 Å². The molecule has 1 fully saturated rings. The van der Waals surface area contributed by atoms with Crippen LogP contribution in [0.5, 0.6) is 0 Å². The highest BCUT2D eigenvalue weighted by Crippen LogP contribution is 2.25. The minimum atomic E-state index is -0.0419. The zero-order chi connectivity index (χ0) is 24.2. The van der Waals surface area contributed by atoms with E-state index in [0.717, 1.165) is 48.6 Å². The van der Waals surface area contributed by atoms with Crippen LogP contribution in [-0.2, 0) is 11.3 Å². The molecule has 0 spiro atoms. The maximum atomic E-state index is 13.0. The van der Waals surface area contributed by atoms with Gasteiger partial charge in [0.05, 0.1) is 13.2 Å². The molecule has 1 saturated heterocycles. The number of aryl methyl sites for hydroxylation is 1. The summed E-state index contributed by atoms with van der Waals surface area (Å²) in [5.74, 6) is 0.859. The van der Waals surface area contributed by atoms with Crippen molar-refractivity contribution in [3.8, 4) is 22.9 Å². The lowest BCUT2D eigenvalue weighted by atomic mass is 10.1. The van der Waals surface area contributed by atoms with E-state index in [1.807, 2.05) is 50.4 Å². The van der Waals surface area contributed by atoms with E-state index in [0.29, 0.717) is 23.9 Å². The summed E-state index contributed by atoms with van der Waals surface area (Å²) in [5.41, 5.74) is 5.67. The van der Waals surface area contributed by atoms with Gasteiger partial charge < -0.3 is 19.0 Å². The van der Waals surface area contributed by atoms with Crippen LogP contribution in [0, 0.1) is 6.92 Å². The van der Waals surface area contributed by atoms with Crippen molar-refractivity contribution >= 4 is 11.6 Å². The van der Waals surface area contributed by atoms with Crippen molar-refractivity contribution in [2.24, 2.45) is 0 Å². The normalized spacial score (nSPS) is 13.6. The van der Waals surface area contributed by atoms with Gasteiger partial charge in [0.1, 0.15) is 0 Å². The molecule has 5 rings (SSSR count). The zero-order valence-electron chi connectivity index (χ0n) is 20.0. The Labute approximate surface area is 205 Å². The van der Waals surface area contributed by atoms with Crippen molar-refractivity contribution < 1.29 is 13.9 Å². The van der Waals surface area contributed by atoms with Gasteiger partial charge >= 0.3 is 0 Å². The first-order valence-electron chi connectivity index (χ1n) is 11.7. The summed E-state index contributed by atoms with van der Waals surface area (Å²) < 4.78 is 11.3. The summed E-state index contributed by atoms with van der Waals surface area (Å²) in [6.07, 6.45) is 0. The van der Waals surface area contributed by atoms with Crippen molar-refractivity contribution in [3.05, 3.63) is 89.5 Å². The van der Waals surface area contributed by atoms with Gasteiger partial charge in [0.15, 0.2) is 0 Å². The fraction of sp³-hybridized carbons (Fsp3) is 0.250. The van der Waals surface area contributed by atoms with Crippen LogP contribution in [0.2, 0.25) is 0 Å². The van der Waals surface area contributed by atoms with Crippen molar-refractivity contribution in [2.75, 3.05) is 38.3 Å². The highest BCUT2D eigenvalue weighted by Gasteiger charge is 2.16. The molecular formula is C28H28N4O3. The quantitative estimate of drug-likeness (QED) is 0.404. The molecule has 4 aromatic rings. The molecule has 7 nitrogen and oxygen atoms in total. The second-order valence-corrected chi connectivity index (χ2v) is 8.79. The number of nitrogens with zero attached hydrogens (tertiary/aromatic N) is 4. The zero-order valence-corrected chi connectivity index (χ0v) is 20.0. The molecule has 3 aromatic carbocycles. The number of hydrogen-bond acceptors (Lipinski definition) is 6. The van der Waals surface area contributed by atoms with Gasteiger partial charge in [0.25, 0.3) is 5.91 Å². The monoisotopic (exact) mass is 468 g/mol. The SMILES string of the molecule is Cc1cccc(-c2nnc(-c3ccc(C(=O)N(C)Cc4ccc(N5CCOCC5)cc4)cc3)o2)c1. The van der Waals surface area contributed by atoms with E-state index in [4.69, 9.17) is 9.15 Å². The Hall–Kier alpha value is -3.97. The third-order valence-electron chi connectivity index (χ3n) is 6.15. The number of hydrogen-bond donors (Lipinski definition) is 0. The van der Waals surface area contributed by atoms with E-state index in [1.165, 1.54) is 5.69 Å². The smallest absolute Gasteiger partial charge is 0.253 e. The third-order valence-corrected chi connectivity index (χ3v) is 6.15. The highest BCUT2D eigenvalue weighted by atomic mass is 16.5. The standard InChI is InChI=1S/C28H28N4O3/c1-20-4-3-5-24(18-20)27-30-29-26(35-27)22-8-10-23(11-9-22)28(33)31(2)19-21-6-12-25(13-7-21)32-14-16-34-17-15-32/h3-13,18H,14-17,19H2,1-2H3. The molecule has 0 saturated carbocycles. The van der Waals surface area contributed by atoms with Crippen LogP contribution < -0.4 is 4.90 Å². The van der Waals surface area contributed by atoms with Crippen LogP contribution in [0.4, 0.5) is 5.69 Å². The maximum Gasteiger partial charge on any atom is 0.253 e. The summed E-state index contributed by atoms with van der Waals surface area (Å²) in [6, 6.07) is 23.6. The first-order chi connectivity index (χ1) is 17.1. The number of aromatic nitrogens is 2. The first kappa shape index (κ1) is 22.8. The average Bonchev–Trinajstić information content (AvgIpc) is 3.40. The number of rotatable bonds is 6. The molecule has 178 valence electrons. The highest BCUT2D eigenvalue weighted by molar-refractivity contribution is 5.94. The topological polar surface area (TPSA) is 71.7 Å². The van der Waals surface area contributed by atoms with Crippen LogP contribution in [0.15, 0.2) is 77.2 Å². The summed E-state index contributed by atoms with van der Waals surface area (Å²) in [7, 11) is 1.82. The fourth-order valence-electron chi connectivity index (χ4n) is 4.19. The summed E-state index contributed by atoms with van der Waals surface area (Å²) >= 11 is 0. The molecule has 1 aliphatic rings. The molecular weight excluding hydrogens is 440 g/mol. The predicted octanol–water partition coefficient (Wildman–Crippen LogP) is 4.82. The van der Waals surface area contributed by atoms with Gasteiger partial charge in [0.2, 0.25) is 11.8 Å². The van der Waals surface area contributed by atoms with Crippen LogP contribution in [0.3, 0.4) is 0 Å². The van der Waals surface area contributed by atoms with Gasteiger partial charge in [-0.2, -0.15) is 0 Å². The Balaban J connectivity index is 1.22. The predicted molar refractivity (Wildman–Crippen MR) is 135 cm³/mol. The minimum Gasteiger partial charge on any atom is -0.416 e. The number of carbonyl (C=O) groups is 1. The largest absolute Gasteiger partial charge is 0.416 e. The summed E-state index contributed by atoms with van der Waals surface area (Å²) in [4.78, 5) is 17.0. The Morgan fingerprint density at radius 2 is 1.60 bits per heavy atom. The molecule has 35 heavy (non-hydrogen) atoms. The van der Waals surface area contributed by atoms with Crippen molar-refractivity contribution in [3.63, 3.8) is 0 Å². The van der Waals surface area contributed by atoms with E-state index in [1.54, 1.807) is 17.0 Å². The van der Waals surface area contributed by atoms with E-state index in [-0.39, 0.29) is 5.91 Å². The lowest BCUT2D eigenvalue weighted by molar-refractivity contribution is 0.0785. The second kappa shape index (κ2) is 10.1. The van der Waals surface area contributed by atoms with E-state index in [2.05, 4.69) is 39.4 Å². The molecule has 0 atom stereocenters. The van der Waals surface area contributed by atoms with Gasteiger partial charge in [-0.05, 0) is 61.0 Å². The van der Waals surface area contributed by atoms with Gasteiger partial charge in [-0.1, -0.05) is 29.8 Å². The molecule has 0 bridgehead atoms. The number of ether oxygens (including phenoxy) is 1. The van der Waals surface area contributed by atoms with Gasteiger partial charge in [-0.25, -0.2) is 0 Å². The lowest BCUT2D eigenvalue weighted by Gasteiger charge is -2.29. The number of benzene rings is 3. The van der Waals surface area contributed by atoms with Gasteiger partial charge in [-0.3, -0.25) is 4.79 Å². The molecule has 0 N–H and O–H groups in total. The number of amides is 1. The van der Waals surface area contributed by atoms with Crippen LogP contribution in [0.1, 0.15) is 21.5 Å². The molecule has 0 unspecified atom stereocenters. The number of carbonyl (C=O) groups excluding carboxylic acids is 1. The van der Waals surface area contributed by atoms with Crippen LogP contribution in [-0.4, -0.2) is 54.4 Å². The molecule has 0 aliphatic carbocycles. The fourth-order valence-corrected chi connectivity index (χ4v) is 4.19. The molecule has 0 radical (unpaired) electrons. The van der Waals surface area contributed by atoms with E-state index < -0.39 is 0 Å². The molecule has 1 amide bonds. The Kier molecular flexibility index (Phi) is 6.59. The van der Waals surface area contributed by atoms with Crippen LogP contribution in [0.25, 0.3) is 22.9 Å². The Bertz CT molecular complexity index is 1290. The van der Waals surface area contributed by atoms with Crippen molar-refractivity contribution in [1.29, 1.82) is 0 Å². The maximum absolute atomic E-state index is 13.0. The molecule has 2 heterocycles. The Morgan fingerprint density at radius 3 is 2.29 bits per heavy atom. The first-order valence-corrected chi connectivity index (χ1v) is 11.7. The second-order valence-electron chi connectivity index (χ2n) is 8.79. The summed E-state index contributed by atoms with van der Waals surface area (Å²) in [5, 5.41) is 8.35.